The highest BCUT2D eigenvalue weighted by Gasteiger charge is 2.35. The lowest BCUT2D eigenvalue weighted by atomic mass is 9.82. The standard InChI is InChI=1S/C26H39NO3S/c1-4-9-21(10-5-2)27(25(28)20-15-13-18(3)14-16-20)22-17-23(31-24(22)26(29)30)19-11-7-6-8-12-19/h11,17-18,20-21H,4-10,12-16H2,1-3H3,(H,29,30). The van der Waals surface area contributed by atoms with Gasteiger partial charge in [-0.2, -0.15) is 0 Å². The zero-order valence-electron chi connectivity index (χ0n) is 19.5. The molecule has 2 aliphatic carbocycles. The van der Waals surface area contributed by atoms with Crippen molar-refractivity contribution >= 4 is 34.5 Å². The van der Waals surface area contributed by atoms with E-state index in [1.54, 1.807) is 0 Å². The Hall–Kier alpha value is -1.62. The molecule has 172 valence electrons. The van der Waals surface area contributed by atoms with Gasteiger partial charge in [0.2, 0.25) is 5.91 Å². The minimum atomic E-state index is -0.913. The summed E-state index contributed by atoms with van der Waals surface area (Å²) in [4.78, 5) is 29.4. The molecule has 0 aliphatic heterocycles. The summed E-state index contributed by atoms with van der Waals surface area (Å²) < 4.78 is 0. The first-order chi connectivity index (χ1) is 15.0. The highest BCUT2D eigenvalue weighted by atomic mass is 32.1. The first-order valence-electron chi connectivity index (χ1n) is 12.4. The first kappa shape index (κ1) is 24.0. The van der Waals surface area contributed by atoms with E-state index in [1.807, 2.05) is 11.0 Å². The van der Waals surface area contributed by atoms with E-state index in [0.29, 0.717) is 16.5 Å². The van der Waals surface area contributed by atoms with Gasteiger partial charge in [0.1, 0.15) is 4.88 Å². The number of carboxylic acid groups (broad SMARTS) is 1. The second kappa shape index (κ2) is 11.3. The normalized spacial score (nSPS) is 21.7. The molecule has 0 spiro atoms. The van der Waals surface area contributed by atoms with Crippen LogP contribution in [0.1, 0.15) is 112 Å². The Balaban J connectivity index is 2.02. The Morgan fingerprint density at radius 2 is 1.81 bits per heavy atom. The highest BCUT2D eigenvalue weighted by molar-refractivity contribution is 7.15. The van der Waals surface area contributed by atoms with Crippen LogP contribution in [0, 0.1) is 11.8 Å². The minimum Gasteiger partial charge on any atom is -0.477 e. The Morgan fingerprint density at radius 1 is 1.13 bits per heavy atom. The molecular weight excluding hydrogens is 406 g/mol. The van der Waals surface area contributed by atoms with E-state index < -0.39 is 5.97 Å². The summed E-state index contributed by atoms with van der Waals surface area (Å²) in [6.07, 6.45) is 14.5. The number of carboxylic acids is 1. The highest BCUT2D eigenvalue weighted by Crippen LogP contribution is 2.41. The van der Waals surface area contributed by atoms with E-state index >= 15 is 0 Å². The lowest BCUT2D eigenvalue weighted by Gasteiger charge is -2.36. The fraction of sp³-hybridized carbons (Fsp3) is 0.692. The van der Waals surface area contributed by atoms with Crippen LogP contribution in [0.4, 0.5) is 5.69 Å². The maximum atomic E-state index is 13.9. The zero-order valence-corrected chi connectivity index (χ0v) is 20.3. The molecule has 3 rings (SSSR count). The van der Waals surface area contributed by atoms with Gasteiger partial charge in [-0.3, -0.25) is 4.79 Å². The number of anilines is 1. The second-order valence-corrected chi connectivity index (χ2v) is 10.6. The van der Waals surface area contributed by atoms with Gasteiger partial charge in [0.25, 0.3) is 0 Å². The third-order valence-electron chi connectivity index (χ3n) is 6.99. The van der Waals surface area contributed by atoms with Gasteiger partial charge in [0, 0.05) is 16.8 Å². The van der Waals surface area contributed by atoms with Gasteiger partial charge in [0.05, 0.1) is 5.69 Å². The third kappa shape index (κ3) is 5.79. The molecule has 4 nitrogen and oxygen atoms in total. The molecule has 1 saturated carbocycles. The number of carbonyl (C=O) groups excluding carboxylic acids is 1. The molecule has 0 unspecified atom stereocenters. The maximum absolute atomic E-state index is 13.9. The molecule has 0 radical (unpaired) electrons. The van der Waals surface area contributed by atoms with Crippen molar-refractivity contribution in [3.05, 3.63) is 21.9 Å². The van der Waals surface area contributed by atoms with E-state index in [-0.39, 0.29) is 17.9 Å². The van der Waals surface area contributed by atoms with Gasteiger partial charge in [-0.1, -0.05) is 39.7 Å². The number of carbonyl (C=O) groups is 2. The molecule has 2 aliphatic rings. The van der Waals surface area contributed by atoms with Crippen LogP contribution in [0.2, 0.25) is 0 Å². The summed E-state index contributed by atoms with van der Waals surface area (Å²) in [7, 11) is 0. The molecule has 1 N–H and O–H groups in total. The molecule has 0 bridgehead atoms. The lowest BCUT2D eigenvalue weighted by Crippen LogP contribution is -2.45. The summed E-state index contributed by atoms with van der Waals surface area (Å²) >= 11 is 1.36. The molecule has 0 aromatic carbocycles. The molecule has 1 heterocycles. The Bertz CT molecular complexity index is 783. The van der Waals surface area contributed by atoms with E-state index in [1.165, 1.54) is 23.3 Å². The van der Waals surface area contributed by atoms with Crippen molar-refractivity contribution in [1.29, 1.82) is 0 Å². The van der Waals surface area contributed by atoms with Crippen molar-refractivity contribution in [3.8, 4) is 0 Å². The van der Waals surface area contributed by atoms with Gasteiger partial charge in [0.15, 0.2) is 0 Å². The summed E-state index contributed by atoms with van der Waals surface area (Å²) in [5.41, 5.74) is 1.90. The number of hydrogen-bond acceptors (Lipinski definition) is 3. The van der Waals surface area contributed by atoms with Crippen molar-refractivity contribution in [1.82, 2.24) is 0 Å². The van der Waals surface area contributed by atoms with E-state index in [4.69, 9.17) is 0 Å². The molecule has 1 fully saturated rings. The van der Waals surface area contributed by atoms with E-state index in [0.717, 1.165) is 75.5 Å². The van der Waals surface area contributed by atoms with Crippen LogP contribution in [0.5, 0.6) is 0 Å². The van der Waals surface area contributed by atoms with Crippen molar-refractivity contribution in [2.45, 2.75) is 104 Å². The van der Waals surface area contributed by atoms with Gasteiger partial charge >= 0.3 is 5.97 Å². The van der Waals surface area contributed by atoms with Crippen LogP contribution < -0.4 is 4.90 Å². The Morgan fingerprint density at radius 3 is 2.35 bits per heavy atom. The molecule has 1 amide bonds. The molecule has 1 aromatic rings. The summed E-state index contributed by atoms with van der Waals surface area (Å²) in [5, 5.41) is 10.0. The van der Waals surface area contributed by atoms with Crippen LogP contribution in [0.3, 0.4) is 0 Å². The van der Waals surface area contributed by atoms with Crippen LogP contribution >= 0.6 is 11.3 Å². The Kier molecular flexibility index (Phi) is 8.76. The lowest BCUT2D eigenvalue weighted by molar-refractivity contribution is -0.124. The topological polar surface area (TPSA) is 57.6 Å². The number of rotatable bonds is 9. The van der Waals surface area contributed by atoms with Crippen molar-refractivity contribution in [2.75, 3.05) is 4.90 Å². The monoisotopic (exact) mass is 445 g/mol. The largest absolute Gasteiger partial charge is 0.477 e. The van der Waals surface area contributed by atoms with Gasteiger partial charge in [-0.15, -0.1) is 11.3 Å². The molecule has 1 aromatic heterocycles. The predicted octanol–water partition coefficient (Wildman–Crippen LogP) is 7.53. The number of aromatic carboxylic acids is 1. The van der Waals surface area contributed by atoms with Crippen LogP contribution in [0.25, 0.3) is 5.57 Å². The smallest absolute Gasteiger partial charge is 0.348 e. The SMILES string of the molecule is CCCC(CCC)N(C(=O)C1CCC(C)CC1)c1cc(C2=CCCCC2)sc1C(=O)O. The summed E-state index contributed by atoms with van der Waals surface area (Å²) in [6.45, 7) is 6.57. The van der Waals surface area contributed by atoms with Crippen molar-refractivity contribution < 1.29 is 14.7 Å². The zero-order chi connectivity index (χ0) is 22.4. The summed E-state index contributed by atoms with van der Waals surface area (Å²) in [5.74, 6) is -0.0563. The first-order valence-corrected chi connectivity index (χ1v) is 13.2. The third-order valence-corrected chi connectivity index (χ3v) is 8.17. The summed E-state index contributed by atoms with van der Waals surface area (Å²) in [6, 6.07) is 2.09. The van der Waals surface area contributed by atoms with E-state index in [2.05, 4.69) is 26.8 Å². The average molecular weight is 446 g/mol. The number of nitrogens with zero attached hydrogens (tertiary/aromatic N) is 1. The molecule has 31 heavy (non-hydrogen) atoms. The number of hydrogen-bond donors (Lipinski definition) is 1. The van der Waals surface area contributed by atoms with Crippen LogP contribution in [-0.4, -0.2) is 23.0 Å². The minimum absolute atomic E-state index is 0.0197. The number of allylic oxidation sites excluding steroid dienone is 2. The van der Waals surface area contributed by atoms with Gasteiger partial charge in [-0.25, -0.2) is 4.79 Å². The van der Waals surface area contributed by atoms with Gasteiger partial charge in [-0.05, 0) is 81.8 Å². The maximum Gasteiger partial charge on any atom is 0.348 e. The number of amides is 1. The molecule has 0 atom stereocenters. The molecule has 0 saturated heterocycles. The van der Waals surface area contributed by atoms with Crippen LogP contribution in [0.15, 0.2) is 12.1 Å². The van der Waals surface area contributed by atoms with E-state index in [9.17, 15) is 14.7 Å². The Labute approximate surface area is 191 Å². The molecular formula is C26H39NO3S. The van der Waals surface area contributed by atoms with Crippen molar-refractivity contribution in [3.63, 3.8) is 0 Å². The molecule has 5 heteroatoms. The van der Waals surface area contributed by atoms with Gasteiger partial charge < -0.3 is 10.0 Å². The predicted molar refractivity (Wildman–Crippen MR) is 130 cm³/mol. The number of thiophene rings is 1. The fourth-order valence-corrected chi connectivity index (χ4v) is 6.26. The quantitative estimate of drug-likeness (QED) is 0.427. The fourth-order valence-electron chi connectivity index (χ4n) is 5.20. The second-order valence-electron chi connectivity index (χ2n) is 9.50. The average Bonchev–Trinajstić information content (AvgIpc) is 3.21. The van der Waals surface area contributed by atoms with Crippen LogP contribution in [-0.2, 0) is 4.79 Å². The van der Waals surface area contributed by atoms with Crippen molar-refractivity contribution in [2.24, 2.45) is 11.8 Å².